The van der Waals surface area contributed by atoms with Gasteiger partial charge < -0.3 is 19.2 Å². The fourth-order valence-corrected chi connectivity index (χ4v) is 3.05. The van der Waals surface area contributed by atoms with E-state index in [4.69, 9.17) is 21.1 Å². The van der Waals surface area contributed by atoms with Crippen LogP contribution in [-0.2, 0) is 11.2 Å². The third-order valence-electron chi connectivity index (χ3n) is 4.06. The monoisotopic (exact) mass is 399 g/mol. The van der Waals surface area contributed by atoms with Gasteiger partial charge in [-0.25, -0.2) is 4.98 Å². The van der Waals surface area contributed by atoms with Crippen LogP contribution in [0.4, 0.5) is 0 Å². The molecule has 0 fully saturated rings. The van der Waals surface area contributed by atoms with Gasteiger partial charge in [-0.1, -0.05) is 17.7 Å². The number of benzene rings is 1. The van der Waals surface area contributed by atoms with E-state index >= 15 is 0 Å². The van der Waals surface area contributed by atoms with Gasteiger partial charge in [-0.05, 0) is 42.8 Å². The normalized spacial score (nSPS) is 11.1. The van der Waals surface area contributed by atoms with Crippen LogP contribution >= 0.6 is 11.6 Å². The molecule has 1 amide bonds. The van der Waals surface area contributed by atoms with Crippen molar-refractivity contribution in [3.8, 4) is 11.5 Å². The van der Waals surface area contributed by atoms with Crippen LogP contribution in [0.1, 0.15) is 18.2 Å². The third kappa shape index (κ3) is 4.84. The number of hydrogen-bond donors (Lipinski definition) is 1. The lowest BCUT2D eigenvalue weighted by Gasteiger charge is -2.11. The number of aromatic nitrogens is 2. The van der Waals surface area contributed by atoms with Gasteiger partial charge in [0.25, 0.3) is 0 Å². The summed E-state index contributed by atoms with van der Waals surface area (Å²) in [5.74, 6) is 0.842. The number of hydrogen-bond acceptors (Lipinski definition) is 4. The molecule has 1 aromatic carbocycles. The molecule has 0 aliphatic heterocycles. The fourth-order valence-electron chi connectivity index (χ4n) is 2.77. The number of carbonyl (C=O) groups excluding carboxylic acids is 1. The van der Waals surface area contributed by atoms with Crippen molar-refractivity contribution in [2.75, 3.05) is 20.3 Å². The van der Waals surface area contributed by atoms with E-state index in [-0.39, 0.29) is 5.91 Å². The largest absolute Gasteiger partial charge is 0.493 e. The van der Waals surface area contributed by atoms with Gasteiger partial charge in [-0.2, -0.15) is 0 Å². The number of nitrogens with one attached hydrogen (secondary N) is 1. The van der Waals surface area contributed by atoms with Crippen molar-refractivity contribution in [1.82, 2.24) is 14.7 Å². The zero-order chi connectivity index (χ0) is 19.9. The summed E-state index contributed by atoms with van der Waals surface area (Å²) in [4.78, 5) is 16.6. The van der Waals surface area contributed by atoms with E-state index in [1.807, 2.05) is 41.9 Å². The first kappa shape index (κ1) is 19.8. The van der Waals surface area contributed by atoms with Crippen molar-refractivity contribution in [2.24, 2.45) is 0 Å². The zero-order valence-electron chi connectivity index (χ0n) is 15.8. The summed E-state index contributed by atoms with van der Waals surface area (Å²) < 4.78 is 12.8. The van der Waals surface area contributed by atoms with E-state index in [2.05, 4.69) is 10.3 Å². The molecule has 2 aromatic heterocycles. The number of fused-ring (bicyclic) bond motifs is 1. The van der Waals surface area contributed by atoms with Gasteiger partial charge in [0.1, 0.15) is 5.65 Å². The molecule has 0 spiro atoms. The second kappa shape index (κ2) is 9.28. The predicted octanol–water partition coefficient (Wildman–Crippen LogP) is 3.77. The number of pyridine rings is 1. The van der Waals surface area contributed by atoms with E-state index in [1.54, 1.807) is 25.3 Å². The van der Waals surface area contributed by atoms with Crippen LogP contribution in [0.3, 0.4) is 0 Å². The maximum Gasteiger partial charge on any atom is 0.244 e. The standard InChI is InChI=1S/C21H22ClN3O3/c1-3-28-21-17(22)12-15(13-18(21)27-2)7-8-20(26)23-10-9-16-14-25-11-5-4-6-19(25)24-16/h4-8,11-14H,3,9-10H2,1-2H3,(H,23,26)/b8-7+. The van der Waals surface area contributed by atoms with Crippen LogP contribution in [-0.4, -0.2) is 35.6 Å². The van der Waals surface area contributed by atoms with E-state index < -0.39 is 0 Å². The average molecular weight is 400 g/mol. The molecular formula is C21H22ClN3O3. The van der Waals surface area contributed by atoms with Crippen LogP contribution in [0.2, 0.25) is 5.02 Å². The molecule has 0 saturated carbocycles. The van der Waals surface area contributed by atoms with Crippen molar-refractivity contribution >= 4 is 29.2 Å². The number of nitrogens with zero attached hydrogens (tertiary/aromatic N) is 2. The SMILES string of the molecule is CCOc1c(Cl)cc(/C=C/C(=O)NCCc2cn3ccccc3n2)cc1OC. The van der Waals surface area contributed by atoms with Crippen LogP contribution < -0.4 is 14.8 Å². The fraction of sp³-hybridized carbons (Fsp3) is 0.238. The van der Waals surface area contributed by atoms with E-state index in [1.165, 1.54) is 6.08 Å². The number of ether oxygens (including phenoxy) is 2. The number of carbonyl (C=O) groups is 1. The number of rotatable bonds is 8. The molecule has 6 nitrogen and oxygen atoms in total. The lowest BCUT2D eigenvalue weighted by molar-refractivity contribution is -0.116. The summed E-state index contributed by atoms with van der Waals surface area (Å²) >= 11 is 6.24. The maximum absolute atomic E-state index is 12.1. The first-order valence-corrected chi connectivity index (χ1v) is 9.37. The molecule has 0 atom stereocenters. The molecule has 1 N–H and O–H groups in total. The molecule has 28 heavy (non-hydrogen) atoms. The molecule has 0 bridgehead atoms. The summed E-state index contributed by atoms with van der Waals surface area (Å²) in [6, 6.07) is 9.35. The smallest absolute Gasteiger partial charge is 0.244 e. The van der Waals surface area contributed by atoms with Gasteiger partial charge in [0.15, 0.2) is 11.5 Å². The van der Waals surface area contributed by atoms with Crippen molar-refractivity contribution in [1.29, 1.82) is 0 Å². The number of amides is 1. The van der Waals surface area contributed by atoms with Crippen LogP contribution in [0.25, 0.3) is 11.7 Å². The Hall–Kier alpha value is -2.99. The minimum Gasteiger partial charge on any atom is -0.493 e. The molecule has 0 aliphatic rings. The Kier molecular flexibility index (Phi) is 6.55. The number of imidazole rings is 1. The molecular weight excluding hydrogens is 378 g/mol. The highest BCUT2D eigenvalue weighted by molar-refractivity contribution is 6.32. The van der Waals surface area contributed by atoms with E-state index in [0.29, 0.717) is 36.1 Å². The first-order chi connectivity index (χ1) is 13.6. The minimum atomic E-state index is -0.187. The average Bonchev–Trinajstić information content (AvgIpc) is 3.11. The Morgan fingerprint density at radius 1 is 1.36 bits per heavy atom. The van der Waals surface area contributed by atoms with Gasteiger partial charge in [-0.3, -0.25) is 4.79 Å². The van der Waals surface area contributed by atoms with Gasteiger partial charge in [0.2, 0.25) is 5.91 Å². The summed E-state index contributed by atoms with van der Waals surface area (Å²) in [6.45, 7) is 2.86. The summed E-state index contributed by atoms with van der Waals surface area (Å²) in [7, 11) is 1.55. The zero-order valence-corrected chi connectivity index (χ0v) is 16.6. The van der Waals surface area contributed by atoms with Crippen LogP contribution in [0.15, 0.2) is 48.8 Å². The molecule has 0 saturated heterocycles. The Balaban J connectivity index is 1.56. The topological polar surface area (TPSA) is 64.9 Å². The van der Waals surface area contributed by atoms with Crippen molar-refractivity contribution in [3.05, 3.63) is 65.1 Å². The highest BCUT2D eigenvalue weighted by Gasteiger charge is 2.10. The highest BCUT2D eigenvalue weighted by Crippen LogP contribution is 2.36. The van der Waals surface area contributed by atoms with Gasteiger partial charge in [0.05, 0.1) is 24.4 Å². The Labute approximate surface area is 168 Å². The minimum absolute atomic E-state index is 0.187. The molecule has 0 aliphatic carbocycles. The van der Waals surface area contributed by atoms with Gasteiger partial charge >= 0.3 is 0 Å². The Morgan fingerprint density at radius 2 is 2.21 bits per heavy atom. The lowest BCUT2D eigenvalue weighted by Crippen LogP contribution is -2.23. The Bertz CT molecular complexity index is 965. The number of methoxy groups -OCH3 is 1. The summed E-state index contributed by atoms with van der Waals surface area (Å²) in [6.07, 6.45) is 7.72. The molecule has 146 valence electrons. The first-order valence-electron chi connectivity index (χ1n) is 8.99. The van der Waals surface area contributed by atoms with Crippen molar-refractivity contribution in [3.63, 3.8) is 0 Å². The van der Waals surface area contributed by atoms with Gasteiger partial charge in [0, 0.05) is 31.4 Å². The third-order valence-corrected chi connectivity index (χ3v) is 4.34. The molecule has 3 aromatic rings. The Morgan fingerprint density at radius 3 is 2.96 bits per heavy atom. The van der Waals surface area contributed by atoms with Crippen LogP contribution in [0, 0.1) is 0 Å². The number of halogens is 1. The summed E-state index contributed by atoms with van der Waals surface area (Å²) in [5.41, 5.74) is 2.57. The maximum atomic E-state index is 12.1. The lowest BCUT2D eigenvalue weighted by atomic mass is 10.2. The highest BCUT2D eigenvalue weighted by atomic mass is 35.5. The second-order valence-corrected chi connectivity index (χ2v) is 6.45. The molecule has 0 unspecified atom stereocenters. The van der Waals surface area contributed by atoms with Crippen molar-refractivity contribution in [2.45, 2.75) is 13.3 Å². The molecule has 7 heteroatoms. The predicted molar refractivity (Wildman–Crippen MR) is 110 cm³/mol. The second-order valence-electron chi connectivity index (χ2n) is 6.04. The molecule has 3 rings (SSSR count). The van der Waals surface area contributed by atoms with Crippen LogP contribution in [0.5, 0.6) is 11.5 Å². The summed E-state index contributed by atoms with van der Waals surface area (Å²) in [5, 5.41) is 3.29. The molecule has 0 radical (unpaired) electrons. The van der Waals surface area contributed by atoms with E-state index in [0.717, 1.165) is 16.9 Å². The van der Waals surface area contributed by atoms with Gasteiger partial charge in [-0.15, -0.1) is 0 Å². The van der Waals surface area contributed by atoms with E-state index in [9.17, 15) is 4.79 Å². The van der Waals surface area contributed by atoms with Crippen molar-refractivity contribution < 1.29 is 14.3 Å². The molecule has 2 heterocycles. The quantitative estimate of drug-likeness (QED) is 0.585.